The molecule has 0 spiro atoms. The van der Waals surface area contributed by atoms with Crippen LogP contribution in [0.5, 0.6) is 0 Å². The highest BCUT2D eigenvalue weighted by Gasteiger charge is 2.27. The average molecular weight is 362 g/mol. The molecule has 1 heterocycles. The van der Waals surface area contributed by atoms with Crippen molar-refractivity contribution in [3.05, 3.63) is 36.4 Å². The maximum Gasteiger partial charge on any atom is 0.243 e. The van der Waals surface area contributed by atoms with E-state index in [4.69, 9.17) is 0 Å². The zero-order chi connectivity index (χ0) is 17.9. The van der Waals surface area contributed by atoms with Crippen molar-refractivity contribution < 1.29 is 13.2 Å². The third-order valence-electron chi connectivity index (χ3n) is 5.08. The first-order valence-electron chi connectivity index (χ1n) is 9.02. The van der Waals surface area contributed by atoms with Gasteiger partial charge in [0.15, 0.2) is 0 Å². The number of piperidine rings is 1. The number of benzene rings is 1. The topological polar surface area (TPSA) is 66.5 Å². The van der Waals surface area contributed by atoms with Gasteiger partial charge in [-0.05, 0) is 61.8 Å². The summed E-state index contributed by atoms with van der Waals surface area (Å²) >= 11 is 0. The Labute approximate surface area is 150 Å². The van der Waals surface area contributed by atoms with Crippen molar-refractivity contribution in [1.29, 1.82) is 0 Å². The normalized spacial score (nSPS) is 22.2. The van der Waals surface area contributed by atoms with Gasteiger partial charge in [0.05, 0.1) is 4.90 Å². The summed E-state index contributed by atoms with van der Waals surface area (Å²) in [5.74, 6) is 0.872. The highest BCUT2D eigenvalue weighted by molar-refractivity contribution is 7.89. The third kappa shape index (κ3) is 4.50. The van der Waals surface area contributed by atoms with Gasteiger partial charge in [0.25, 0.3) is 0 Å². The van der Waals surface area contributed by atoms with Crippen molar-refractivity contribution in [3.8, 4) is 0 Å². The number of sulfonamides is 1. The minimum atomic E-state index is -3.44. The van der Waals surface area contributed by atoms with E-state index in [0.29, 0.717) is 41.9 Å². The van der Waals surface area contributed by atoms with Crippen molar-refractivity contribution in [2.75, 3.05) is 18.4 Å². The van der Waals surface area contributed by atoms with Crippen molar-refractivity contribution >= 4 is 21.6 Å². The molecule has 1 atom stereocenters. The summed E-state index contributed by atoms with van der Waals surface area (Å²) in [6.07, 6.45) is 8.56. The summed E-state index contributed by atoms with van der Waals surface area (Å²) in [7, 11) is -3.44. The van der Waals surface area contributed by atoms with Crippen molar-refractivity contribution in [2.45, 2.75) is 43.9 Å². The summed E-state index contributed by atoms with van der Waals surface area (Å²) in [5.41, 5.74) is 0.637. The largest absolute Gasteiger partial charge is 0.326 e. The van der Waals surface area contributed by atoms with Crippen LogP contribution in [0.25, 0.3) is 0 Å². The number of amides is 1. The number of anilines is 1. The molecule has 5 nitrogen and oxygen atoms in total. The van der Waals surface area contributed by atoms with Crippen LogP contribution in [0.15, 0.2) is 41.3 Å². The Kier molecular flexibility index (Phi) is 5.59. The van der Waals surface area contributed by atoms with E-state index in [1.165, 1.54) is 0 Å². The lowest BCUT2D eigenvalue weighted by atomic mass is 10.0. The van der Waals surface area contributed by atoms with Crippen molar-refractivity contribution in [1.82, 2.24) is 4.31 Å². The zero-order valence-corrected chi connectivity index (χ0v) is 15.5. The second-order valence-electron chi connectivity index (χ2n) is 7.13. The Morgan fingerprint density at radius 3 is 2.44 bits per heavy atom. The number of rotatable bonds is 5. The molecule has 0 bridgehead atoms. The van der Waals surface area contributed by atoms with Gasteiger partial charge in [-0.1, -0.05) is 19.1 Å². The van der Waals surface area contributed by atoms with E-state index < -0.39 is 10.0 Å². The van der Waals surface area contributed by atoms with Gasteiger partial charge < -0.3 is 5.32 Å². The summed E-state index contributed by atoms with van der Waals surface area (Å²) < 4.78 is 26.9. The Hall–Kier alpha value is -1.66. The third-order valence-corrected chi connectivity index (χ3v) is 6.99. The average Bonchev–Trinajstić information content (AvgIpc) is 3.08. The summed E-state index contributed by atoms with van der Waals surface area (Å²) in [4.78, 5) is 12.3. The van der Waals surface area contributed by atoms with Gasteiger partial charge in [-0.2, -0.15) is 4.31 Å². The Morgan fingerprint density at radius 1 is 1.16 bits per heavy atom. The number of allylic oxidation sites excluding steroid dienone is 2. The van der Waals surface area contributed by atoms with E-state index in [0.717, 1.165) is 25.7 Å². The molecule has 1 N–H and O–H groups in total. The number of carbonyl (C=O) groups is 1. The summed E-state index contributed by atoms with van der Waals surface area (Å²) in [6.45, 7) is 3.32. The van der Waals surface area contributed by atoms with Crippen LogP contribution in [0.2, 0.25) is 0 Å². The maximum atomic E-state index is 12.7. The second kappa shape index (κ2) is 7.70. The molecule has 1 amide bonds. The molecule has 6 heteroatoms. The zero-order valence-electron chi connectivity index (χ0n) is 14.6. The van der Waals surface area contributed by atoms with E-state index in [9.17, 15) is 13.2 Å². The first-order chi connectivity index (χ1) is 11.9. The van der Waals surface area contributed by atoms with Crippen LogP contribution in [0.1, 0.15) is 39.0 Å². The van der Waals surface area contributed by atoms with Crippen LogP contribution in [-0.2, 0) is 14.8 Å². The smallest absolute Gasteiger partial charge is 0.243 e. The first kappa shape index (κ1) is 18.1. The fraction of sp³-hybridized carbons (Fsp3) is 0.526. The lowest BCUT2D eigenvalue weighted by molar-refractivity contribution is -0.116. The Morgan fingerprint density at radius 2 is 1.84 bits per heavy atom. The molecule has 1 aromatic rings. The van der Waals surface area contributed by atoms with Gasteiger partial charge in [-0.15, -0.1) is 0 Å². The molecule has 0 aromatic heterocycles. The van der Waals surface area contributed by atoms with E-state index in [1.807, 2.05) is 0 Å². The molecule has 1 saturated heterocycles. The number of nitrogens with one attached hydrogen (secondary N) is 1. The molecule has 1 fully saturated rings. The molecule has 1 aliphatic carbocycles. The second-order valence-corrected chi connectivity index (χ2v) is 9.07. The molecule has 1 aliphatic heterocycles. The lowest BCUT2D eigenvalue weighted by Gasteiger charge is -2.29. The van der Waals surface area contributed by atoms with E-state index in [-0.39, 0.29) is 5.91 Å². The predicted octanol–water partition coefficient (Wildman–Crippen LogP) is 3.40. The lowest BCUT2D eigenvalue weighted by Crippen LogP contribution is -2.37. The Bertz CT molecular complexity index is 732. The summed E-state index contributed by atoms with van der Waals surface area (Å²) in [5, 5.41) is 2.85. The number of nitrogens with zero attached hydrogens (tertiary/aromatic N) is 1. The van der Waals surface area contributed by atoms with Crippen LogP contribution in [-0.4, -0.2) is 31.7 Å². The van der Waals surface area contributed by atoms with Crippen LogP contribution in [0.3, 0.4) is 0 Å². The molecular weight excluding hydrogens is 336 g/mol. The molecule has 1 aromatic carbocycles. The van der Waals surface area contributed by atoms with Crippen LogP contribution in [0, 0.1) is 11.8 Å². The monoisotopic (exact) mass is 362 g/mol. The van der Waals surface area contributed by atoms with Crippen LogP contribution in [0.4, 0.5) is 5.69 Å². The maximum absolute atomic E-state index is 12.7. The fourth-order valence-electron chi connectivity index (χ4n) is 3.40. The molecule has 25 heavy (non-hydrogen) atoms. The summed E-state index contributed by atoms with van der Waals surface area (Å²) in [6, 6.07) is 6.50. The van der Waals surface area contributed by atoms with E-state index in [2.05, 4.69) is 24.4 Å². The van der Waals surface area contributed by atoms with Crippen LogP contribution < -0.4 is 5.32 Å². The molecular formula is C19H26N2O3S. The molecule has 136 valence electrons. The molecule has 0 unspecified atom stereocenters. The minimum absolute atomic E-state index is 0.0304. The number of hydrogen-bond donors (Lipinski definition) is 1. The number of carbonyl (C=O) groups excluding carboxylic acids is 1. The van der Waals surface area contributed by atoms with E-state index in [1.54, 1.807) is 28.6 Å². The molecule has 3 rings (SSSR count). The number of hydrogen-bond acceptors (Lipinski definition) is 3. The van der Waals surface area contributed by atoms with Gasteiger partial charge in [0, 0.05) is 25.2 Å². The SMILES string of the molecule is CC1CCN(S(=O)(=O)c2ccc(NC(=O)C[C@H]3C=CCC3)cc2)CC1. The van der Waals surface area contributed by atoms with Crippen molar-refractivity contribution in [2.24, 2.45) is 11.8 Å². The predicted molar refractivity (Wildman–Crippen MR) is 98.7 cm³/mol. The Balaban J connectivity index is 1.61. The molecule has 0 radical (unpaired) electrons. The van der Waals surface area contributed by atoms with Gasteiger partial charge in [0.2, 0.25) is 15.9 Å². The van der Waals surface area contributed by atoms with Gasteiger partial charge in [0.1, 0.15) is 0 Å². The molecule has 2 aliphatic rings. The highest BCUT2D eigenvalue weighted by atomic mass is 32.2. The fourth-order valence-corrected chi connectivity index (χ4v) is 4.87. The van der Waals surface area contributed by atoms with Crippen molar-refractivity contribution in [3.63, 3.8) is 0 Å². The van der Waals surface area contributed by atoms with Gasteiger partial charge in [-0.25, -0.2) is 8.42 Å². The van der Waals surface area contributed by atoms with Gasteiger partial charge in [-0.3, -0.25) is 4.79 Å². The minimum Gasteiger partial charge on any atom is -0.326 e. The van der Waals surface area contributed by atoms with Gasteiger partial charge >= 0.3 is 0 Å². The quantitative estimate of drug-likeness (QED) is 0.817. The highest BCUT2D eigenvalue weighted by Crippen LogP contribution is 2.25. The molecule has 0 saturated carbocycles. The first-order valence-corrected chi connectivity index (χ1v) is 10.5. The standard InChI is InChI=1S/C19H26N2O3S/c1-15-10-12-21(13-11-15)25(23,24)18-8-6-17(7-9-18)20-19(22)14-16-4-2-3-5-16/h2,4,6-9,15-16H,3,5,10-14H2,1H3,(H,20,22)/t16-/m0/s1. The van der Waals surface area contributed by atoms with Crippen LogP contribution >= 0.6 is 0 Å². The van der Waals surface area contributed by atoms with E-state index >= 15 is 0 Å².